The van der Waals surface area contributed by atoms with Crippen LogP contribution >= 0.6 is 11.6 Å². The van der Waals surface area contributed by atoms with E-state index in [1.807, 2.05) is 0 Å². The van der Waals surface area contributed by atoms with Crippen LogP contribution < -0.4 is 0 Å². The predicted molar refractivity (Wildman–Crippen MR) is 57.2 cm³/mol. The van der Waals surface area contributed by atoms with Gasteiger partial charge < -0.3 is 4.42 Å². The number of nitrogens with zero attached hydrogens (tertiary/aromatic N) is 3. The van der Waals surface area contributed by atoms with Crippen molar-refractivity contribution in [1.82, 2.24) is 10.2 Å². The first kappa shape index (κ1) is 11.4. The summed E-state index contributed by atoms with van der Waals surface area (Å²) < 4.78 is 18.5. The van der Waals surface area contributed by atoms with Gasteiger partial charge in [0.25, 0.3) is 0 Å². The molecule has 0 fully saturated rings. The summed E-state index contributed by atoms with van der Waals surface area (Å²) in [6.07, 6.45) is 1.25. The Bertz CT molecular complexity index is 620. The number of carbonyl (C=O) groups excluding carboxylic acids is 1. The van der Waals surface area contributed by atoms with E-state index in [4.69, 9.17) is 16.0 Å². The van der Waals surface area contributed by atoms with Crippen LogP contribution in [0.25, 0.3) is 11.5 Å². The minimum absolute atomic E-state index is 0.0935. The molecule has 0 aliphatic carbocycles. The Hall–Kier alpha value is -2.04. The van der Waals surface area contributed by atoms with E-state index in [0.29, 0.717) is 11.5 Å². The number of halogens is 2. The fraction of sp³-hybridized carbons (Fsp3) is 0.100. The van der Waals surface area contributed by atoms with Crippen molar-refractivity contribution < 1.29 is 13.6 Å². The summed E-state index contributed by atoms with van der Waals surface area (Å²) in [4.78, 5) is 13.3. The number of aliphatic imine (C=N–C) groups is 1. The maximum absolute atomic E-state index is 13.3. The zero-order valence-corrected chi connectivity index (χ0v) is 9.32. The highest BCUT2D eigenvalue weighted by atomic mass is 35.5. The first-order valence-corrected chi connectivity index (χ1v) is 4.87. The van der Waals surface area contributed by atoms with Gasteiger partial charge in [0.1, 0.15) is 5.69 Å². The molecule has 0 bridgehead atoms. The van der Waals surface area contributed by atoms with Gasteiger partial charge in [-0.05, 0) is 12.1 Å². The van der Waals surface area contributed by atoms with Gasteiger partial charge in [-0.3, -0.25) is 0 Å². The molecular formula is C10H5ClFN3O2. The highest BCUT2D eigenvalue weighted by Crippen LogP contribution is 2.32. The molecule has 86 valence electrons. The number of aromatic nitrogens is 2. The topological polar surface area (TPSA) is 68.3 Å². The molecule has 2 rings (SSSR count). The van der Waals surface area contributed by atoms with Gasteiger partial charge >= 0.3 is 0 Å². The van der Waals surface area contributed by atoms with Crippen LogP contribution in [-0.4, -0.2) is 16.3 Å². The maximum atomic E-state index is 13.3. The molecule has 2 aromatic rings. The number of benzene rings is 1. The Balaban J connectivity index is 2.61. The van der Waals surface area contributed by atoms with E-state index >= 15 is 0 Å². The summed E-state index contributed by atoms with van der Waals surface area (Å²) in [5.41, 5.74) is 0.123. The van der Waals surface area contributed by atoms with E-state index in [1.165, 1.54) is 12.1 Å². The van der Waals surface area contributed by atoms with Gasteiger partial charge in [0, 0.05) is 6.92 Å². The Morgan fingerprint density at radius 3 is 2.82 bits per heavy atom. The van der Waals surface area contributed by atoms with Crippen molar-refractivity contribution in [2.45, 2.75) is 6.92 Å². The molecule has 0 saturated heterocycles. The van der Waals surface area contributed by atoms with Gasteiger partial charge in [-0.15, -0.1) is 10.2 Å². The smallest absolute Gasteiger partial charge is 0.249 e. The molecule has 1 aromatic carbocycles. The minimum atomic E-state index is -0.724. The van der Waals surface area contributed by atoms with E-state index in [9.17, 15) is 9.18 Å². The summed E-state index contributed by atoms with van der Waals surface area (Å²) in [6.45, 7) is 1.61. The van der Waals surface area contributed by atoms with E-state index in [0.717, 1.165) is 6.07 Å². The van der Waals surface area contributed by atoms with Crippen LogP contribution in [0.4, 0.5) is 10.1 Å². The highest BCUT2D eigenvalue weighted by molar-refractivity contribution is 6.33. The Morgan fingerprint density at radius 1 is 1.47 bits per heavy atom. The first-order chi connectivity index (χ1) is 8.11. The first-order valence-electron chi connectivity index (χ1n) is 4.49. The van der Waals surface area contributed by atoms with Crippen LogP contribution in [0, 0.1) is 12.7 Å². The molecule has 1 heterocycles. The fourth-order valence-electron chi connectivity index (χ4n) is 1.24. The van der Waals surface area contributed by atoms with Crippen molar-refractivity contribution in [3.63, 3.8) is 0 Å². The summed E-state index contributed by atoms with van der Waals surface area (Å²) >= 11 is 5.84. The molecule has 0 amide bonds. The number of rotatable bonds is 2. The lowest BCUT2D eigenvalue weighted by atomic mass is 10.2. The molecule has 7 heteroatoms. The summed E-state index contributed by atoms with van der Waals surface area (Å²) in [5, 5.41) is 7.46. The lowest BCUT2D eigenvalue weighted by Crippen LogP contribution is -1.84. The van der Waals surface area contributed by atoms with Crippen LogP contribution in [0.1, 0.15) is 5.89 Å². The third-order valence-electron chi connectivity index (χ3n) is 1.96. The predicted octanol–water partition coefficient (Wildman–Crippen LogP) is 2.80. The third kappa shape index (κ3) is 2.22. The van der Waals surface area contributed by atoms with Crippen molar-refractivity contribution >= 4 is 23.4 Å². The highest BCUT2D eigenvalue weighted by Gasteiger charge is 2.14. The lowest BCUT2D eigenvalue weighted by Gasteiger charge is -2.01. The SMILES string of the molecule is Cc1nnc(-c2cc(N=C=O)c(F)cc2Cl)o1. The molecule has 0 saturated carbocycles. The standard InChI is InChI=1S/C10H5ClFN3O2/c1-5-14-15-10(17-5)6-2-9(13-4-16)8(12)3-7(6)11/h2-3H,1H3. The largest absolute Gasteiger partial charge is 0.421 e. The molecule has 5 nitrogen and oxygen atoms in total. The number of aryl methyl sites for hydroxylation is 1. The number of isocyanates is 1. The Kier molecular flexibility index (Phi) is 2.99. The molecule has 0 radical (unpaired) electrons. The quantitative estimate of drug-likeness (QED) is 0.610. The molecule has 0 spiro atoms. The summed E-state index contributed by atoms with van der Waals surface area (Å²) in [6, 6.07) is 2.27. The van der Waals surface area contributed by atoms with Gasteiger partial charge in [-0.25, -0.2) is 9.18 Å². The van der Waals surface area contributed by atoms with E-state index < -0.39 is 5.82 Å². The van der Waals surface area contributed by atoms with Crippen LogP contribution in [0.5, 0.6) is 0 Å². The molecule has 1 aromatic heterocycles. The van der Waals surface area contributed by atoms with Gasteiger partial charge in [0.15, 0.2) is 5.82 Å². The summed E-state index contributed by atoms with van der Waals surface area (Å²) in [5.74, 6) is -0.242. The van der Waals surface area contributed by atoms with Crippen molar-refractivity contribution in [3.8, 4) is 11.5 Å². The zero-order chi connectivity index (χ0) is 12.4. The normalized spacial score (nSPS) is 10.1. The number of hydrogen-bond donors (Lipinski definition) is 0. The van der Waals surface area contributed by atoms with E-state index in [-0.39, 0.29) is 16.6 Å². The van der Waals surface area contributed by atoms with Gasteiger partial charge in [0.2, 0.25) is 17.9 Å². The second-order valence-corrected chi connectivity index (χ2v) is 3.52. The van der Waals surface area contributed by atoms with Gasteiger partial charge in [0.05, 0.1) is 10.6 Å². The number of hydrogen-bond acceptors (Lipinski definition) is 5. The van der Waals surface area contributed by atoms with Gasteiger partial charge in [-0.2, -0.15) is 4.99 Å². The Labute approximate surface area is 99.9 Å². The average Bonchev–Trinajstić information content (AvgIpc) is 2.69. The molecule has 0 aliphatic heterocycles. The third-order valence-corrected chi connectivity index (χ3v) is 2.27. The molecule has 17 heavy (non-hydrogen) atoms. The molecular weight excluding hydrogens is 249 g/mol. The van der Waals surface area contributed by atoms with Crippen LogP contribution in [0.15, 0.2) is 21.5 Å². The summed E-state index contributed by atoms with van der Waals surface area (Å²) in [7, 11) is 0. The zero-order valence-electron chi connectivity index (χ0n) is 8.57. The van der Waals surface area contributed by atoms with Crippen molar-refractivity contribution in [2.75, 3.05) is 0 Å². The maximum Gasteiger partial charge on any atom is 0.249 e. The molecule has 0 unspecified atom stereocenters. The monoisotopic (exact) mass is 253 g/mol. The second kappa shape index (κ2) is 4.45. The Morgan fingerprint density at radius 2 is 2.24 bits per heavy atom. The minimum Gasteiger partial charge on any atom is -0.421 e. The van der Waals surface area contributed by atoms with Crippen LogP contribution in [0.3, 0.4) is 0 Å². The second-order valence-electron chi connectivity index (χ2n) is 3.11. The van der Waals surface area contributed by atoms with E-state index in [2.05, 4.69) is 15.2 Å². The van der Waals surface area contributed by atoms with Crippen molar-refractivity contribution in [3.05, 3.63) is 28.9 Å². The van der Waals surface area contributed by atoms with Gasteiger partial charge in [-0.1, -0.05) is 11.6 Å². The molecule has 0 atom stereocenters. The van der Waals surface area contributed by atoms with Crippen molar-refractivity contribution in [1.29, 1.82) is 0 Å². The van der Waals surface area contributed by atoms with Crippen molar-refractivity contribution in [2.24, 2.45) is 4.99 Å². The van der Waals surface area contributed by atoms with Crippen LogP contribution in [0.2, 0.25) is 5.02 Å². The molecule has 0 aliphatic rings. The average molecular weight is 254 g/mol. The molecule has 0 N–H and O–H groups in total. The van der Waals surface area contributed by atoms with E-state index in [1.54, 1.807) is 6.92 Å². The lowest BCUT2D eigenvalue weighted by molar-refractivity contribution is 0.532. The fourth-order valence-corrected chi connectivity index (χ4v) is 1.47. The van der Waals surface area contributed by atoms with Crippen LogP contribution in [-0.2, 0) is 4.79 Å².